The number of rotatable bonds is 38. The van der Waals surface area contributed by atoms with Crippen LogP contribution in [0.1, 0.15) is 187 Å². The molecule has 60 heavy (non-hydrogen) atoms. The maximum atomic E-state index is 12.8. The van der Waals surface area contributed by atoms with Crippen molar-refractivity contribution < 1.29 is 63.1 Å². The molecule has 0 aromatic rings. The van der Waals surface area contributed by atoms with Crippen molar-refractivity contribution in [3.05, 3.63) is 36.5 Å². The Morgan fingerprint density at radius 3 is 1.42 bits per heavy atom. The molecule has 350 valence electrons. The largest absolute Gasteiger partial charge is 0.472 e. The summed E-state index contributed by atoms with van der Waals surface area (Å²) in [6, 6.07) is 0. The Kier molecular flexibility index (Phi) is 34.2. The first kappa shape index (κ1) is 56.1. The standard InChI is InChI=1S/C46H83O13P/c1-3-5-7-9-11-13-15-17-19-20-21-23-25-27-29-31-33-35-40(48)58-38(37-57-60(54,55)59-46-44(52)42(50)41(49)43(51)45(46)53)36-56-39(47)34-32-30-28-26-24-22-18-16-14-12-10-8-6-4-2/h16,18,21,23,27,29,38,41-46,49-53H,3-15,17,19-20,22,24-26,28,30-37H2,1-2H3,(H,54,55)/b18-16+,23-21+,29-27+/t38-,41?,42-,43?,44?,45?,46?/m1/s1. The van der Waals surface area contributed by atoms with E-state index >= 15 is 0 Å². The van der Waals surface area contributed by atoms with Gasteiger partial charge in [0.2, 0.25) is 0 Å². The lowest BCUT2D eigenvalue weighted by Crippen LogP contribution is -2.64. The predicted octanol–water partition coefficient (Wildman–Crippen LogP) is 9.00. The summed E-state index contributed by atoms with van der Waals surface area (Å²) >= 11 is 0. The van der Waals surface area contributed by atoms with Gasteiger partial charge < -0.3 is 39.9 Å². The summed E-state index contributed by atoms with van der Waals surface area (Å²) in [6.07, 6.45) is 27.8. The molecule has 1 aliphatic carbocycles. The lowest BCUT2D eigenvalue weighted by atomic mass is 9.85. The molecule has 1 saturated carbocycles. The van der Waals surface area contributed by atoms with Crippen molar-refractivity contribution in [1.29, 1.82) is 0 Å². The van der Waals surface area contributed by atoms with Crippen LogP contribution in [0.4, 0.5) is 0 Å². The first-order valence-electron chi connectivity index (χ1n) is 23.3. The van der Waals surface area contributed by atoms with Crippen molar-refractivity contribution in [2.24, 2.45) is 0 Å². The Labute approximate surface area is 361 Å². The van der Waals surface area contributed by atoms with Crippen LogP contribution >= 0.6 is 7.82 Å². The number of carbonyl (C=O) groups is 2. The fourth-order valence-corrected chi connectivity index (χ4v) is 7.88. The van der Waals surface area contributed by atoms with Gasteiger partial charge in [-0.3, -0.25) is 18.6 Å². The summed E-state index contributed by atoms with van der Waals surface area (Å²) in [5.74, 6) is -1.16. The molecule has 0 heterocycles. The molecule has 0 spiro atoms. The topological polar surface area (TPSA) is 210 Å². The number of esters is 2. The van der Waals surface area contributed by atoms with Gasteiger partial charge >= 0.3 is 19.8 Å². The lowest BCUT2D eigenvalue weighted by molar-refractivity contribution is -0.220. The van der Waals surface area contributed by atoms with Crippen LogP contribution in [0.3, 0.4) is 0 Å². The van der Waals surface area contributed by atoms with E-state index in [0.717, 1.165) is 51.4 Å². The number of hydrogen-bond acceptors (Lipinski definition) is 12. The number of unbranched alkanes of at least 4 members (excludes halogenated alkanes) is 20. The maximum absolute atomic E-state index is 12.8. The van der Waals surface area contributed by atoms with E-state index < -0.39 is 75.7 Å². The van der Waals surface area contributed by atoms with E-state index in [0.29, 0.717) is 19.3 Å². The number of hydrogen-bond donors (Lipinski definition) is 6. The smallest absolute Gasteiger partial charge is 0.462 e. The molecule has 1 fully saturated rings. The Bertz CT molecular complexity index is 1190. The molecule has 6 N–H and O–H groups in total. The zero-order valence-electron chi connectivity index (χ0n) is 37.0. The molecule has 0 saturated heterocycles. The van der Waals surface area contributed by atoms with Gasteiger partial charge in [0, 0.05) is 12.8 Å². The lowest BCUT2D eigenvalue weighted by Gasteiger charge is -2.41. The summed E-state index contributed by atoms with van der Waals surface area (Å²) in [7, 11) is -5.13. The van der Waals surface area contributed by atoms with Crippen LogP contribution < -0.4 is 0 Å². The minimum Gasteiger partial charge on any atom is -0.462 e. The summed E-state index contributed by atoms with van der Waals surface area (Å²) in [5.41, 5.74) is 0. The highest BCUT2D eigenvalue weighted by molar-refractivity contribution is 7.47. The van der Waals surface area contributed by atoms with Crippen LogP contribution in [-0.2, 0) is 32.7 Å². The highest BCUT2D eigenvalue weighted by Crippen LogP contribution is 2.47. The third kappa shape index (κ3) is 28.6. The van der Waals surface area contributed by atoms with Gasteiger partial charge in [0.1, 0.15) is 43.2 Å². The second-order valence-electron chi connectivity index (χ2n) is 16.3. The SMILES string of the molecule is CCCCCCC/C=C/CCCCCCCC(=O)OC[C@H](COP(=O)(O)OC1C(O)C(O)C(O)[C@@H](O)C1O)OC(=O)CCC/C=C/C/C=C/CCCCCCCCCCC. The molecule has 6 unspecified atom stereocenters. The van der Waals surface area contributed by atoms with Crippen LogP contribution in [0, 0.1) is 0 Å². The van der Waals surface area contributed by atoms with Gasteiger partial charge in [-0.2, -0.15) is 0 Å². The Morgan fingerprint density at radius 2 is 0.917 bits per heavy atom. The Balaban J connectivity index is 2.50. The zero-order chi connectivity index (χ0) is 44.3. The van der Waals surface area contributed by atoms with Crippen molar-refractivity contribution in [2.45, 2.75) is 230 Å². The number of carbonyl (C=O) groups excluding carboxylic acids is 2. The van der Waals surface area contributed by atoms with Crippen LogP contribution in [0.2, 0.25) is 0 Å². The molecular formula is C46H83O13P. The highest BCUT2D eigenvalue weighted by atomic mass is 31.2. The van der Waals surface area contributed by atoms with E-state index in [4.69, 9.17) is 18.5 Å². The zero-order valence-corrected chi connectivity index (χ0v) is 37.9. The average molecular weight is 875 g/mol. The van der Waals surface area contributed by atoms with Gasteiger partial charge in [-0.1, -0.05) is 147 Å². The van der Waals surface area contributed by atoms with Crippen molar-refractivity contribution in [3.8, 4) is 0 Å². The van der Waals surface area contributed by atoms with E-state index in [1.807, 2.05) is 12.2 Å². The normalized spacial score (nSPS) is 22.5. The van der Waals surface area contributed by atoms with Gasteiger partial charge in [0.25, 0.3) is 0 Å². The molecule has 0 amide bonds. The molecule has 8 atom stereocenters. The quantitative estimate of drug-likeness (QED) is 0.0148. The van der Waals surface area contributed by atoms with E-state index in [1.165, 1.54) is 89.9 Å². The minimum absolute atomic E-state index is 0.0317. The van der Waals surface area contributed by atoms with E-state index in [2.05, 4.69) is 38.2 Å². The van der Waals surface area contributed by atoms with E-state index in [9.17, 15) is 44.6 Å². The number of aliphatic hydroxyl groups excluding tert-OH is 5. The van der Waals surface area contributed by atoms with Gasteiger partial charge in [-0.15, -0.1) is 0 Å². The number of aliphatic hydroxyl groups is 5. The summed E-state index contributed by atoms with van der Waals surface area (Å²) < 4.78 is 33.5. The fraction of sp³-hybridized carbons (Fsp3) is 0.826. The van der Waals surface area contributed by atoms with Gasteiger partial charge in [0.05, 0.1) is 6.61 Å². The van der Waals surface area contributed by atoms with Gasteiger partial charge in [-0.25, -0.2) is 4.57 Å². The fourth-order valence-electron chi connectivity index (χ4n) is 6.91. The van der Waals surface area contributed by atoms with Crippen molar-refractivity contribution in [3.63, 3.8) is 0 Å². The Hall–Kier alpha value is -1.93. The van der Waals surface area contributed by atoms with Crippen LogP contribution in [0.5, 0.6) is 0 Å². The highest BCUT2D eigenvalue weighted by Gasteiger charge is 2.51. The minimum atomic E-state index is -5.13. The summed E-state index contributed by atoms with van der Waals surface area (Å²) in [4.78, 5) is 35.6. The van der Waals surface area contributed by atoms with Crippen LogP contribution in [0.15, 0.2) is 36.5 Å². The molecule has 0 bridgehead atoms. The second kappa shape index (κ2) is 36.5. The van der Waals surface area contributed by atoms with Gasteiger partial charge in [-0.05, 0) is 64.2 Å². The molecule has 0 aromatic heterocycles. The van der Waals surface area contributed by atoms with E-state index in [1.54, 1.807) is 0 Å². The van der Waals surface area contributed by atoms with E-state index in [-0.39, 0.29) is 12.8 Å². The van der Waals surface area contributed by atoms with Crippen molar-refractivity contribution in [2.75, 3.05) is 13.2 Å². The van der Waals surface area contributed by atoms with Crippen molar-refractivity contribution >= 4 is 19.8 Å². The molecule has 14 heteroatoms. The molecular weight excluding hydrogens is 791 g/mol. The second-order valence-corrected chi connectivity index (χ2v) is 17.7. The summed E-state index contributed by atoms with van der Waals surface area (Å²) in [6.45, 7) is 3.25. The number of phosphoric acid groups is 1. The molecule has 0 radical (unpaired) electrons. The molecule has 13 nitrogen and oxygen atoms in total. The molecule has 1 aliphatic rings. The monoisotopic (exact) mass is 875 g/mol. The maximum Gasteiger partial charge on any atom is 0.472 e. The third-order valence-electron chi connectivity index (χ3n) is 10.7. The molecule has 0 aliphatic heterocycles. The molecule has 1 rings (SSSR count). The average Bonchev–Trinajstić information content (AvgIpc) is 3.23. The number of ether oxygens (including phenoxy) is 2. The number of phosphoric ester groups is 1. The first-order valence-corrected chi connectivity index (χ1v) is 24.8. The molecule has 0 aromatic carbocycles. The number of allylic oxidation sites excluding steroid dienone is 6. The first-order chi connectivity index (χ1) is 28.9. The van der Waals surface area contributed by atoms with Gasteiger partial charge in [0.15, 0.2) is 6.10 Å². The predicted molar refractivity (Wildman–Crippen MR) is 235 cm³/mol. The third-order valence-corrected chi connectivity index (χ3v) is 11.7. The summed E-state index contributed by atoms with van der Waals surface area (Å²) in [5, 5.41) is 50.1. The Morgan fingerprint density at radius 1 is 0.517 bits per heavy atom. The van der Waals surface area contributed by atoms with Crippen LogP contribution in [0.25, 0.3) is 0 Å². The van der Waals surface area contributed by atoms with Crippen LogP contribution in [-0.4, -0.2) is 98.3 Å². The van der Waals surface area contributed by atoms with Crippen molar-refractivity contribution in [1.82, 2.24) is 0 Å².